The molecule has 0 unspecified atom stereocenters. The number of halogens is 1. The van der Waals surface area contributed by atoms with Crippen LogP contribution in [0.25, 0.3) is 0 Å². The maximum absolute atomic E-state index is 13.2. The average molecular weight is 412 g/mol. The van der Waals surface area contributed by atoms with E-state index < -0.39 is 28.5 Å². The molecule has 0 saturated heterocycles. The molecule has 0 spiro atoms. The molecule has 0 fully saturated rings. The molecule has 0 heterocycles. The van der Waals surface area contributed by atoms with Crippen LogP contribution in [0.2, 0.25) is 5.02 Å². The van der Waals surface area contributed by atoms with E-state index in [1.807, 2.05) is 0 Å². The molecule has 2 aromatic rings. The second-order valence-corrected chi connectivity index (χ2v) is 7.83. The molecule has 7 nitrogen and oxygen atoms in total. The Labute approximate surface area is 162 Å². The third-order valence-corrected chi connectivity index (χ3v) is 5.83. The van der Waals surface area contributed by atoms with Crippen molar-refractivity contribution in [2.24, 2.45) is 0 Å². The smallest absolute Gasteiger partial charge is 0.337 e. The van der Waals surface area contributed by atoms with Crippen molar-refractivity contribution in [3.05, 3.63) is 58.6 Å². The number of aryl methyl sites for hydroxylation is 1. The van der Waals surface area contributed by atoms with Crippen molar-refractivity contribution in [3.63, 3.8) is 0 Å². The van der Waals surface area contributed by atoms with Crippen molar-refractivity contribution in [1.29, 1.82) is 0 Å². The van der Waals surface area contributed by atoms with Crippen LogP contribution in [0.1, 0.15) is 15.9 Å². The van der Waals surface area contributed by atoms with Gasteiger partial charge in [-0.25, -0.2) is 13.2 Å². The molecule has 0 amide bonds. The number of methoxy groups -OCH3 is 2. The molecule has 9 heteroatoms. The first-order valence-corrected chi connectivity index (χ1v) is 9.56. The highest BCUT2D eigenvalue weighted by Crippen LogP contribution is 2.29. The largest absolute Gasteiger partial charge is 0.468 e. The first kappa shape index (κ1) is 20.7. The van der Waals surface area contributed by atoms with E-state index in [2.05, 4.69) is 9.47 Å². The molecular weight excluding hydrogens is 394 g/mol. The van der Waals surface area contributed by atoms with Crippen molar-refractivity contribution in [3.8, 4) is 0 Å². The van der Waals surface area contributed by atoms with Crippen LogP contribution in [0, 0.1) is 6.92 Å². The number of rotatable bonds is 6. The molecular formula is C18H18ClNO6S. The SMILES string of the molecule is COC(=O)CN(c1cc(C(=O)OC)ccc1C)S(=O)(=O)c1ccc(Cl)cc1. The minimum Gasteiger partial charge on any atom is -0.468 e. The highest BCUT2D eigenvalue weighted by molar-refractivity contribution is 7.92. The Kier molecular flexibility index (Phi) is 6.45. The van der Waals surface area contributed by atoms with Crippen molar-refractivity contribution in [2.45, 2.75) is 11.8 Å². The summed E-state index contributed by atoms with van der Waals surface area (Å²) >= 11 is 5.83. The molecule has 2 aromatic carbocycles. The fourth-order valence-electron chi connectivity index (χ4n) is 2.34. The average Bonchev–Trinajstić information content (AvgIpc) is 2.66. The number of carbonyl (C=O) groups excluding carboxylic acids is 2. The molecule has 0 aliphatic carbocycles. The fraction of sp³-hybridized carbons (Fsp3) is 0.222. The van der Waals surface area contributed by atoms with Crippen LogP contribution < -0.4 is 4.31 Å². The van der Waals surface area contributed by atoms with E-state index in [1.54, 1.807) is 13.0 Å². The Balaban J connectivity index is 2.63. The summed E-state index contributed by atoms with van der Waals surface area (Å²) in [5.74, 6) is -1.38. The lowest BCUT2D eigenvalue weighted by Crippen LogP contribution is -2.37. The molecule has 27 heavy (non-hydrogen) atoms. The van der Waals surface area contributed by atoms with Gasteiger partial charge in [0.15, 0.2) is 0 Å². The van der Waals surface area contributed by atoms with Gasteiger partial charge in [0.05, 0.1) is 30.4 Å². The quantitative estimate of drug-likeness (QED) is 0.679. The Morgan fingerprint density at radius 3 is 2.22 bits per heavy atom. The predicted octanol–water partition coefficient (Wildman–Crippen LogP) is 2.80. The lowest BCUT2D eigenvalue weighted by molar-refractivity contribution is -0.138. The number of hydrogen-bond donors (Lipinski definition) is 0. The number of sulfonamides is 1. The summed E-state index contributed by atoms with van der Waals surface area (Å²) < 4.78 is 36.5. The lowest BCUT2D eigenvalue weighted by atomic mass is 10.1. The molecule has 0 aromatic heterocycles. The standard InChI is InChI=1S/C18H18ClNO6S/c1-12-4-5-13(18(22)26-3)10-16(12)20(11-17(21)25-2)27(23,24)15-8-6-14(19)7-9-15/h4-10H,11H2,1-3H3. The van der Waals surface area contributed by atoms with Gasteiger partial charge < -0.3 is 9.47 Å². The number of benzene rings is 2. The van der Waals surface area contributed by atoms with Crippen molar-refractivity contribution in [2.75, 3.05) is 25.1 Å². The highest BCUT2D eigenvalue weighted by Gasteiger charge is 2.29. The molecule has 0 atom stereocenters. The number of esters is 2. The van der Waals surface area contributed by atoms with Gasteiger partial charge in [-0.15, -0.1) is 0 Å². The summed E-state index contributed by atoms with van der Waals surface area (Å²) in [4.78, 5) is 23.7. The van der Waals surface area contributed by atoms with Crippen LogP contribution in [-0.2, 0) is 24.3 Å². The van der Waals surface area contributed by atoms with Crippen LogP contribution in [0.3, 0.4) is 0 Å². The van der Waals surface area contributed by atoms with Crippen LogP contribution in [0.15, 0.2) is 47.4 Å². The van der Waals surface area contributed by atoms with E-state index in [9.17, 15) is 18.0 Å². The number of carbonyl (C=O) groups is 2. The first-order chi connectivity index (χ1) is 12.7. The van der Waals surface area contributed by atoms with E-state index in [1.165, 1.54) is 43.5 Å². The van der Waals surface area contributed by atoms with Gasteiger partial charge in [0.2, 0.25) is 0 Å². The second-order valence-electron chi connectivity index (χ2n) is 5.53. The number of hydrogen-bond acceptors (Lipinski definition) is 6. The highest BCUT2D eigenvalue weighted by atomic mass is 35.5. The zero-order chi connectivity index (χ0) is 20.2. The summed E-state index contributed by atoms with van der Waals surface area (Å²) in [7, 11) is -1.75. The molecule has 0 radical (unpaired) electrons. The van der Waals surface area contributed by atoms with Gasteiger partial charge in [-0.2, -0.15) is 0 Å². The van der Waals surface area contributed by atoms with Gasteiger partial charge in [0.1, 0.15) is 6.54 Å². The Morgan fingerprint density at radius 1 is 1.04 bits per heavy atom. The topological polar surface area (TPSA) is 90.0 Å². The predicted molar refractivity (Wildman–Crippen MR) is 101 cm³/mol. The zero-order valence-corrected chi connectivity index (χ0v) is 16.5. The van der Waals surface area contributed by atoms with E-state index >= 15 is 0 Å². The van der Waals surface area contributed by atoms with Gasteiger partial charge >= 0.3 is 11.9 Å². The molecule has 0 saturated carbocycles. The molecule has 144 valence electrons. The maximum atomic E-state index is 13.2. The van der Waals surface area contributed by atoms with Crippen LogP contribution >= 0.6 is 11.6 Å². The van der Waals surface area contributed by atoms with Crippen molar-refractivity contribution < 1.29 is 27.5 Å². The summed E-state index contributed by atoms with van der Waals surface area (Å²) in [6, 6.07) is 9.98. The van der Waals surface area contributed by atoms with E-state index in [-0.39, 0.29) is 16.1 Å². The third-order valence-electron chi connectivity index (χ3n) is 3.80. The van der Waals surface area contributed by atoms with E-state index in [0.29, 0.717) is 10.6 Å². The van der Waals surface area contributed by atoms with Gasteiger partial charge in [-0.1, -0.05) is 17.7 Å². The molecule has 0 aliphatic heterocycles. The van der Waals surface area contributed by atoms with E-state index in [0.717, 1.165) is 11.4 Å². The van der Waals surface area contributed by atoms with E-state index in [4.69, 9.17) is 11.6 Å². The Hall–Kier alpha value is -2.58. The third kappa shape index (κ3) is 4.58. The summed E-state index contributed by atoms with van der Waals surface area (Å²) in [6.07, 6.45) is 0. The van der Waals surface area contributed by atoms with Crippen molar-refractivity contribution >= 4 is 39.3 Å². The van der Waals surface area contributed by atoms with Crippen LogP contribution in [0.5, 0.6) is 0 Å². The monoisotopic (exact) mass is 411 g/mol. The molecule has 2 rings (SSSR count). The van der Waals surface area contributed by atoms with Gasteiger partial charge in [0, 0.05) is 5.02 Å². The van der Waals surface area contributed by atoms with Crippen LogP contribution in [0.4, 0.5) is 5.69 Å². The van der Waals surface area contributed by atoms with Crippen LogP contribution in [-0.4, -0.2) is 41.1 Å². The van der Waals surface area contributed by atoms with Gasteiger partial charge in [-0.05, 0) is 48.9 Å². The Bertz CT molecular complexity index is 956. The minimum atomic E-state index is -4.13. The lowest BCUT2D eigenvalue weighted by Gasteiger charge is -2.25. The zero-order valence-electron chi connectivity index (χ0n) is 14.9. The molecule has 0 N–H and O–H groups in total. The first-order valence-electron chi connectivity index (χ1n) is 7.74. The summed E-state index contributed by atoms with van der Waals surface area (Å²) in [6.45, 7) is 1.10. The number of anilines is 1. The Morgan fingerprint density at radius 2 is 1.67 bits per heavy atom. The second kappa shape index (κ2) is 8.41. The van der Waals surface area contributed by atoms with Gasteiger partial charge in [0.25, 0.3) is 10.0 Å². The minimum absolute atomic E-state index is 0.0568. The molecule has 0 bridgehead atoms. The summed E-state index contributed by atoms with van der Waals surface area (Å²) in [5.41, 5.74) is 0.863. The summed E-state index contributed by atoms with van der Waals surface area (Å²) in [5, 5.41) is 0.373. The maximum Gasteiger partial charge on any atom is 0.337 e. The van der Waals surface area contributed by atoms with Crippen molar-refractivity contribution in [1.82, 2.24) is 0 Å². The normalized spacial score (nSPS) is 11.0. The fourth-order valence-corrected chi connectivity index (χ4v) is 3.93. The number of nitrogens with zero attached hydrogens (tertiary/aromatic N) is 1. The molecule has 0 aliphatic rings. The number of ether oxygens (including phenoxy) is 2. The van der Waals surface area contributed by atoms with Gasteiger partial charge in [-0.3, -0.25) is 9.10 Å².